The molecule has 1 atom stereocenters. The highest BCUT2D eigenvalue weighted by Crippen LogP contribution is 2.29. The van der Waals surface area contributed by atoms with Gasteiger partial charge in [0.15, 0.2) is 0 Å². The summed E-state index contributed by atoms with van der Waals surface area (Å²) in [6, 6.07) is 6.85. The third-order valence-corrected chi connectivity index (χ3v) is 5.55. The summed E-state index contributed by atoms with van der Waals surface area (Å²) in [6.07, 6.45) is 10.9. The van der Waals surface area contributed by atoms with Crippen molar-refractivity contribution in [2.45, 2.75) is 19.0 Å². The average molecular weight is 472 g/mol. The number of carbonyl (C=O) groups is 2. The summed E-state index contributed by atoms with van der Waals surface area (Å²) in [6.45, 7) is 0.568. The van der Waals surface area contributed by atoms with Gasteiger partial charge in [0, 0.05) is 36.1 Å². The second-order valence-corrected chi connectivity index (χ2v) is 8.22. The van der Waals surface area contributed by atoms with Crippen molar-refractivity contribution >= 4 is 29.7 Å². The molecule has 2 aromatic carbocycles. The molecule has 1 heterocycles. The van der Waals surface area contributed by atoms with Crippen LogP contribution in [0.3, 0.4) is 0 Å². The van der Waals surface area contributed by atoms with Crippen molar-refractivity contribution in [1.29, 1.82) is 0 Å². The zero-order valence-electron chi connectivity index (χ0n) is 17.9. The summed E-state index contributed by atoms with van der Waals surface area (Å²) in [5.41, 5.74) is 1.08. The molecule has 0 spiro atoms. The van der Waals surface area contributed by atoms with E-state index in [2.05, 4.69) is 10.3 Å². The van der Waals surface area contributed by atoms with E-state index in [4.69, 9.17) is 0 Å². The maximum Gasteiger partial charge on any atom is 0.326 e. The summed E-state index contributed by atoms with van der Waals surface area (Å²) < 4.78 is 29.9. The summed E-state index contributed by atoms with van der Waals surface area (Å²) in [5, 5.41) is 11.9. The number of nitrogens with zero attached hydrogens (tertiary/aromatic N) is 2. The van der Waals surface area contributed by atoms with Gasteiger partial charge in [-0.2, -0.15) is 11.8 Å². The van der Waals surface area contributed by atoms with Crippen LogP contribution in [0.1, 0.15) is 22.3 Å². The number of imidazole rings is 1. The average Bonchev–Trinajstić information content (AvgIpc) is 3.30. The minimum atomic E-state index is -1.15. The number of aromatic nitrogens is 2. The molecular formula is C24H23F2N3O3S. The number of halogens is 2. The van der Waals surface area contributed by atoms with Gasteiger partial charge in [-0.1, -0.05) is 18.2 Å². The molecule has 0 saturated heterocycles. The van der Waals surface area contributed by atoms with Crippen LogP contribution in [0, 0.1) is 11.6 Å². The molecule has 0 radical (unpaired) electrons. The van der Waals surface area contributed by atoms with Crippen LogP contribution in [0.5, 0.6) is 0 Å². The molecule has 0 aliphatic carbocycles. The summed E-state index contributed by atoms with van der Waals surface area (Å²) in [7, 11) is 0. The molecule has 3 aromatic rings. The van der Waals surface area contributed by atoms with Gasteiger partial charge >= 0.3 is 5.97 Å². The predicted molar refractivity (Wildman–Crippen MR) is 125 cm³/mol. The van der Waals surface area contributed by atoms with Gasteiger partial charge in [-0.05, 0) is 53.8 Å². The number of carbonyl (C=O) groups excluding carboxylic acids is 1. The minimum Gasteiger partial charge on any atom is -0.480 e. The van der Waals surface area contributed by atoms with E-state index in [1.807, 2.05) is 29.2 Å². The van der Waals surface area contributed by atoms with Crippen LogP contribution >= 0.6 is 11.8 Å². The Labute approximate surface area is 194 Å². The van der Waals surface area contributed by atoms with Crippen LogP contribution in [0.15, 0.2) is 61.2 Å². The third-order valence-electron chi connectivity index (χ3n) is 4.91. The molecule has 0 bridgehead atoms. The maximum atomic E-state index is 14.6. The molecule has 0 fully saturated rings. The molecule has 0 aliphatic heterocycles. The number of amides is 1. The summed E-state index contributed by atoms with van der Waals surface area (Å²) in [4.78, 5) is 28.5. The second kappa shape index (κ2) is 11.4. The standard InChI is InChI=1S/C24H23F2N3O3S/c1-33-12-8-22(24(31)32)28-23(30)19-6-4-16(3-2-10-29-11-9-27-15-29)13-20(19)18-7-5-17(25)14-21(18)26/h2-7,9,11,13-15,22H,8,10,12H2,1H3,(H,28,30)(H,31,32)/b3-2+/t22-/m0/s1. The highest BCUT2D eigenvalue weighted by Gasteiger charge is 2.23. The minimum absolute atomic E-state index is 0.0439. The van der Waals surface area contributed by atoms with Crippen molar-refractivity contribution in [2.75, 3.05) is 12.0 Å². The fourth-order valence-corrected chi connectivity index (χ4v) is 3.70. The SMILES string of the molecule is CSCC[C@H](NC(=O)c1ccc(/C=C/Cn2ccnc2)cc1-c1ccc(F)cc1F)C(=O)O. The van der Waals surface area contributed by atoms with Crippen LogP contribution in [0.25, 0.3) is 17.2 Å². The Morgan fingerprint density at radius 3 is 2.70 bits per heavy atom. The quantitative estimate of drug-likeness (QED) is 0.456. The molecular weight excluding hydrogens is 448 g/mol. The second-order valence-electron chi connectivity index (χ2n) is 7.24. The van der Waals surface area contributed by atoms with Gasteiger partial charge in [-0.3, -0.25) is 4.79 Å². The molecule has 1 amide bonds. The Bertz CT molecular complexity index is 1150. The predicted octanol–water partition coefficient (Wildman–Crippen LogP) is 4.48. The van der Waals surface area contributed by atoms with Gasteiger partial charge in [0.1, 0.15) is 17.7 Å². The molecule has 0 unspecified atom stereocenters. The van der Waals surface area contributed by atoms with Crippen molar-refractivity contribution in [3.05, 3.63) is 84.0 Å². The van der Waals surface area contributed by atoms with Gasteiger partial charge < -0.3 is 15.0 Å². The summed E-state index contributed by atoms with van der Waals surface area (Å²) in [5.74, 6) is -2.79. The smallest absolute Gasteiger partial charge is 0.326 e. The number of hydrogen-bond donors (Lipinski definition) is 2. The first-order chi connectivity index (χ1) is 15.9. The van der Waals surface area contributed by atoms with Crippen LogP contribution in [-0.2, 0) is 11.3 Å². The molecule has 2 N–H and O–H groups in total. The van der Waals surface area contributed by atoms with Crippen molar-refractivity contribution in [2.24, 2.45) is 0 Å². The van der Waals surface area contributed by atoms with Crippen LogP contribution in [-0.4, -0.2) is 44.6 Å². The fourth-order valence-electron chi connectivity index (χ4n) is 3.23. The Balaban J connectivity index is 1.95. The molecule has 3 rings (SSSR count). The van der Waals surface area contributed by atoms with Crippen molar-refractivity contribution in [3.8, 4) is 11.1 Å². The maximum absolute atomic E-state index is 14.6. The lowest BCUT2D eigenvalue weighted by atomic mass is 9.95. The van der Waals surface area contributed by atoms with Gasteiger partial charge in [-0.15, -0.1) is 0 Å². The first-order valence-electron chi connectivity index (χ1n) is 10.1. The number of thioether (sulfide) groups is 1. The Morgan fingerprint density at radius 2 is 2.03 bits per heavy atom. The lowest BCUT2D eigenvalue weighted by Crippen LogP contribution is -2.41. The van der Waals surface area contributed by atoms with Crippen LogP contribution in [0.2, 0.25) is 0 Å². The van der Waals surface area contributed by atoms with Gasteiger partial charge in [0.25, 0.3) is 5.91 Å². The normalized spacial score (nSPS) is 12.1. The molecule has 33 heavy (non-hydrogen) atoms. The highest BCUT2D eigenvalue weighted by molar-refractivity contribution is 7.98. The fraction of sp³-hybridized carbons (Fsp3) is 0.208. The van der Waals surface area contributed by atoms with E-state index in [0.717, 1.165) is 12.1 Å². The number of benzene rings is 2. The van der Waals surface area contributed by atoms with E-state index < -0.39 is 29.6 Å². The number of rotatable bonds is 10. The lowest BCUT2D eigenvalue weighted by molar-refractivity contribution is -0.139. The van der Waals surface area contributed by atoms with Gasteiger partial charge in [-0.25, -0.2) is 18.6 Å². The molecule has 6 nitrogen and oxygen atoms in total. The lowest BCUT2D eigenvalue weighted by Gasteiger charge is -2.17. The molecule has 0 aliphatic rings. The third kappa shape index (κ3) is 6.52. The van der Waals surface area contributed by atoms with E-state index >= 15 is 0 Å². The van der Waals surface area contributed by atoms with Crippen molar-refractivity contribution in [1.82, 2.24) is 14.9 Å². The number of aliphatic carboxylic acids is 1. The number of allylic oxidation sites excluding steroid dienone is 1. The monoisotopic (exact) mass is 471 g/mol. The van der Waals surface area contributed by atoms with E-state index in [-0.39, 0.29) is 23.1 Å². The number of carboxylic acids is 1. The zero-order valence-corrected chi connectivity index (χ0v) is 18.7. The first-order valence-corrected chi connectivity index (χ1v) is 11.5. The highest BCUT2D eigenvalue weighted by atomic mass is 32.2. The topological polar surface area (TPSA) is 84.2 Å². The van der Waals surface area contributed by atoms with Crippen molar-refractivity contribution < 1.29 is 23.5 Å². The Morgan fingerprint density at radius 1 is 1.21 bits per heavy atom. The van der Waals surface area contributed by atoms with Crippen LogP contribution in [0.4, 0.5) is 8.78 Å². The molecule has 0 saturated carbocycles. The molecule has 172 valence electrons. The van der Waals surface area contributed by atoms with Crippen molar-refractivity contribution in [3.63, 3.8) is 0 Å². The zero-order chi connectivity index (χ0) is 23.8. The Kier molecular flexibility index (Phi) is 8.37. The number of hydrogen-bond acceptors (Lipinski definition) is 4. The van der Waals surface area contributed by atoms with E-state index in [9.17, 15) is 23.5 Å². The number of carboxylic acid groups (broad SMARTS) is 1. The summed E-state index contributed by atoms with van der Waals surface area (Å²) >= 11 is 1.47. The van der Waals surface area contributed by atoms with E-state index in [1.54, 1.807) is 24.7 Å². The largest absolute Gasteiger partial charge is 0.480 e. The Hall–Kier alpha value is -3.46. The van der Waals surface area contributed by atoms with E-state index in [0.29, 0.717) is 17.9 Å². The van der Waals surface area contributed by atoms with E-state index in [1.165, 1.54) is 23.9 Å². The number of nitrogens with one attached hydrogen (secondary N) is 1. The van der Waals surface area contributed by atoms with Gasteiger partial charge in [0.2, 0.25) is 0 Å². The first kappa shape index (κ1) is 24.2. The molecule has 9 heteroatoms. The molecule has 1 aromatic heterocycles. The van der Waals surface area contributed by atoms with Crippen LogP contribution < -0.4 is 5.32 Å². The van der Waals surface area contributed by atoms with Gasteiger partial charge in [0.05, 0.1) is 6.33 Å².